The van der Waals surface area contributed by atoms with E-state index in [0.717, 1.165) is 24.7 Å². The zero-order valence-corrected chi connectivity index (χ0v) is 13.9. The molecule has 0 bridgehead atoms. The van der Waals surface area contributed by atoms with Crippen LogP contribution < -0.4 is 5.32 Å². The average Bonchev–Trinajstić information content (AvgIpc) is 3.15. The van der Waals surface area contributed by atoms with E-state index in [1.807, 2.05) is 12.1 Å². The summed E-state index contributed by atoms with van der Waals surface area (Å²) in [6.07, 6.45) is 5.69. The molecule has 3 heteroatoms. The third-order valence-electron chi connectivity index (χ3n) is 5.09. The zero-order chi connectivity index (χ0) is 15.7. The molecule has 0 saturated carbocycles. The highest BCUT2D eigenvalue weighted by Gasteiger charge is 2.43. The van der Waals surface area contributed by atoms with E-state index < -0.39 is 0 Å². The summed E-state index contributed by atoms with van der Waals surface area (Å²) < 4.78 is 0. The first-order chi connectivity index (χ1) is 11.3. The van der Waals surface area contributed by atoms with E-state index >= 15 is 0 Å². The predicted molar refractivity (Wildman–Crippen MR) is 98.2 cm³/mol. The van der Waals surface area contributed by atoms with Crippen molar-refractivity contribution in [2.45, 2.75) is 11.8 Å². The SMILES string of the molecule is Clc1ccc(/C=C/CN2CCC3(CNc4ccccc43)C2)cc1. The standard InChI is InChI=1S/C20H21ClN2/c21-17-9-7-16(8-10-17)4-3-12-23-13-11-20(15-23)14-22-19-6-2-1-5-18(19)20/h1-10,22H,11-15H2/b4-3+. The molecule has 2 heterocycles. The fraction of sp³-hybridized carbons (Fsp3) is 0.300. The molecule has 4 rings (SSSR count). The number of fused-ring (bicyclic) bond motifs is 2. The van der Waals surface area contributed by atoms with Gasteiger partial charge in [0.05, 0.1) is 0 Å². The van der Waals surface area contributed by atoms with Crippen LogP contribution in [0, 0.1) is 0 Å². The summed E-state index contributed by atoms with van der Waals surface area (Å²) in [5, 5.41) is 4.37. The Hall–Kier alpha value is -1.77. The van der Waals surface area contributed by atoms with Gasteiger partial charge in [0.25, 0.3) is 0 Å². The molecule has 2 nitrogen and oxygen atoms in total. The summed E-state index contributed by atoms with van der Waals surface area (Å²) in [4.78, 5) is 2.55. The minimum atomic E-state index is 0.310. The molecule has 0 aromatic heterocycles. The summed E-state index contributed by atoms with van der Waals surface area (Å²) in [7, 11) is 0. The van der Waals surface area contributed by atoms with Crippen LogP contribution in [0.4, 0.5) is 5.69 Å². The summed E-state index contributed by atoms with van der Waals surface area (Å²) in [5.74, 6) is 0. The van der Waals surface area contributed by atoms with Crippen LogP contribution in [0.3, 0.4) is 0 Å². The van der Waals surface area contributed by atoms with Crippen LogP contribution >= 0.6 is 11.6 Å². The van der Waals surface area contributed by atoms with Gasteiger partial charge in [-0.1, -0.05) is 54.1 Å². The van der Waals surface area contributed by atoms with Gasteiger partial charge in [0.15, 0.2) is 0 Å². The lowest BCUT2D eigenvalue weighted by atomic mass is 9.82. The van der Waals surface area contributed by atoms with Gasteiger partial charge in [0.1, 0.15) is 0 Å². The van der Waals surface area contributed by atoms with E-state index in [-0.39, 0.29) is 0 Å². The van der Waals surface area contributed by atoms with E-state index in [9.17, 15) is 0 Å². The lowest BCUT2D eigenvalue weighted by molar-refractivity contribution is 0.349. The Balaban J connectivity index is 1.41. The first-order valence-corrected chi connectivity index (χ1v) is 8.61. The first-order valence-electron chi connectivity index (χ1n) is 8.23. The maximum Gasteiger partial charge on any atom is 0.0406 e. The molecule has 1 unspecified atom stereocenters. The Bertz CT molecular complexity index is 723. The Morgan fingerprint density at radius 1 is 1.13 bits per heavy atom. The number of anilines is 1. The molecule has 1 spiro atoms. The molecule has 1 fully saturated rings. The number of nitrogens with one attached hydrogen (secondary N) is 1. The first kappa shape index (κ1) is 14.8. The predicted octanol–water partition coefficient (Wildman–Crippen LogP) is 4.42. The molecule has 1 atom stereocenters. The van der Waals surface area contributed by atoms with E-state index in [2.05, 4.69) is 58.8 Å². The highest BCUT2D eigenvalue weighted by Crippen LogP contribution is 2.42. The van der Waals surface area contributed by atoms with Gasteiger partial charge < -0.3 is 5.32 Å². The number of halogens is 1. The van der Waals surface area contributed by atoms with Gasteiger partial charge in [-0.2, -0.15) is 0 Å². The van der Waals surface area contributed by atoms with Crippen molar-refractivity contribution < 1.29 is 0 Å². The zero-order valence-electron chi connectivity index (χ0n) is 13.1. The van der Waals surface area contributed by atoms with Gasteiger partial charge in [0.2, 0.25) is 0 Å². The molecule has 0 radical (unpaired) electrons. The van der Waals surface area contributed by atoms with Crippen LogP contribution in [0.15, 0.2) is 54.6 Å². The smallest absolute Gasteiger partial charge is 0.0406 e. The second-order valence-corrected chi connectivity index (χ2v) is 7.05. The topological polar surface area (TPSA) is 15.3 Å². The highest BCUT2D eigenvalue weighted by molar-refractivity contribution is 6.30. The normalized spacial score (nSPS) is 23.5. The number of benzene rings is 2. The number of hydrogen-bond acceptors (Lipinski definition) is 2. The lowest BCUT2D eigenvalue weighted by Crippen LogP contribution is -2.32. The van der Waals surface area contributed by atoms with E-state index in [1.54, 1.807) is 0 Å². The molecule has 0 amide bonds. The van der Waals surface area contributed by atoms with Crippen molar-refractivity contribution >= 4 is 23.4 Å². The summed E-state index contributed by atoms with van der Waals surface area (Å²) >= 11 is 5.92. The third-order valence-corrected chi connectivity index (χ3v) is 5.34. The Labute approximate surface area is 142 Å². The molecular weight excluding hydrogens is 304 g/mol. The summed E-state index contributed by atoms with van der Waals surface area (Å²) in [6, 6.07) is 16.8. The molecular formula is C20H21ClN2. The van der Waals surface area contributed by atoms with Crippen molar-refractivity contribution in [1.82, 2.24) is 4.90 Å². The molecule has 1 saturated heterocycles. The maximum absolute atomic E-state index is 5.92. The maximum atomic E-state index is 5.92. The van der Waals surface area contributed by atoms with E-state index in [1.165, 1.54) is 29.8 Å². The Morgan fingerprint density at radius 3 is 2.83 bits per heavy atom. The molecule has 2 aliphatic heterocycles. The number of nitrogens with zero attached hydrogens (tertiary/aromatic N) is 1. The second kappa shape index (κ2) is 6.03. The fourth-order valence-electron chi connectivity index (χ4n) is 3.85. The molecule has 118 valence electrons. The number of rotatable bonds is 3. The summed E-state index contributed by atoms with van der Waals surface area (Å²) in [5.41, 5.74) is 4.34. The van der Waals surface area contributed by atoms with Gasteiger partial charge in [-0.3, -0.25) is 4.90 Å². The molecule has 2 aromatic carbocycles. The number of likely N-dealkylation sites (tertiary alicyclic amines) is 1. The van der Waals surface area contributed by atoms with Gasteiger partial charge in [-0.05, 0) is 42.3 Å². The molecule has 1 N–H and O–H groups in total. The Kier molecular flexibility index (Phi) is 3.88. The highest BCUT2D eigenvalue weighted by atomic mass is 35.5. The van der Waals surface area contributed by atoms with Crippen LogP contribution in [0.2, 0.25) is 5.02 Å². The number of para-hydroxylation sites is 1. The number of hydrogen-bond donors (Lipinski definition) is 1. The van der Waals surface area contributed by atoms with Crippen LogP contribution in [0.25, 0.3) is 6.08 Å². The lowest BCUT2D eigenvalue weighted by Gasteiger charge is -2.23. The van der Waals surface area contributed by atoms with Crippen molar-refractivity contribution in [2.75, 3.05) is 31.5 Å². The van der Waals surface area contributed by atoms with Crippen LogP contribution in [-0.2, 0) is 5.41 Å². The van der Waals surface area contributed by atoms with Crippen LogP contribution in [-0.4, -0.2) is 31.1 Å². The van der Waals surface area contributed by atoms with Crippen molar-refractivity contribution in [3.05, 3.63) is 70.8 Å². The van der Waals surface area contributed by atoms with Gasteiger partial charge in [0, 0.05) is 35.8 Å². The van der Waals surface area contributed by atoms with Gasteiger partial charge in [-0.15, -0.1) is 0 Å². The monoisotopic (exact) mass is 324 g/mol. The average molecular weight is 325 g/mol. The van der Waals surface area contributed by atoms with Gasteiger partial charge in [-0.25, -0.2) is 0 Å². The quantitative estimate of drug-likeness (QED) is 0.899. The van der Waals surface area contributed by atoms with Crippen molar-refractivity contribution in [2.24, 2.45) is 0 Å². The van der Waals surface area contributed by atoms with E-state index in [4.69, 9.17) is 11.6 Å². The Morgan fingerprint density at radius 2 is 1.96 bits per heavy atom. The van der Waals surface area contributed by atoms with Gasteiger partial charge >= 0.3 is 0 Å². The largest absolute Gasteiger partial charge is 0.384 e. The molecule has 2 aliphatic rings. The summed E-state index contributed by atoms with van der Waals surface area (Å²) in [6.45, 7) is 4.39. The van der Waals surface area contributed by atoms with Crippen molar-refractivity contribution in [3.8, 4) is 0 Å². The third kappa shape index (κ3) is 2.89. The molecule has 2 aromatic rings. The van der Waals surface area contributed by atoms with Crippen molar-refractivity contribution in [3.63, 3.8) is 0 Å². The molecule has 0 aliphatic carbocycles. The fourth-order valence-corrected chi connectivity index (χ4v) is 3.98. The second-order valence-electron chi connectivity index (χ2n) is 6.62. The minimum absolute atomic E-state index is 0.310. The minimum Gasteiger partial charge on any atom is -0.384 e. The van der Waals surface area contributed by atoms with E-state index in [0.29, 0.717) is 5.41 Å². The van der Waals surface area contributed by atoms with Crippen LogP contribution in [0.5, 0.6) is 0 Å². The van der Waals surface area contributed by atoms with Crippen LogP contribution in [0.1, 0.15) is 17.5 Å². The molecule has 23 heavy (non-hydrogen) atoms. The van der Waals surface area contributed by atoms with Crippen molar-refractivity contribution in [1.29, 1.82) is 0 Å².